The van der Waals surface area contributed by atoms with E-state index < -0.39 is 6.04 Å². The van der Waals surface area contributed by atoms with Gasteiger partial charge in [-0.25, -0.2) is 0 Å². The lowest BCUT2D eigenvalue weighted by atomic mass is 9.98. The van der Waals surface area contributed by atoms with Crippen LogP contribution in [0, 0.1) is 5.92 Å². The zero-order chi connectivity index (χ0) is 17.4. The van der Waals surface area contributed by atoms with E-state index in [2.05, 4.69) is 0 Å². The molecule has 1 saturated heterocycles. The number of carbonyl (C=O) groups excluding carboxylic acids is 3. The van der Waals surface area contributed by atoms with Gasteiger partial charge in [0.05, 0.1) is 11.1 Å². The highest BCUT2D eigenvalue weighted by Gasteiger charge is 2.45. The first-order chi connectivity index (χ1) is 11.4. The first-order valence-corrected chi connectivity index (χ1v) is 8.43. The number of fused-ring (bicyclic) bond motifs is 1. The van der Waals surface area contributed by atoms with Crippen molar-refractivity contribution in [3.8, 4) is 0 Å². The molecule has 136 valence electrons. The van der Waals surface area contributed by atoms with Gasteiger partial charge in [-0.05, 0) is 30.9 Å². The van der Waals surface area contributed by atoms with Gasteiger partial charge in [0.1, 0.15) is 6.04 Å². The van der Waals surface area contributed by atoms with Gasteiger partial charge in [-0.15, -0.1) is 12.4 Å². The van der Waals surface area contributed by atoms with E-state index >= 15 is 0 Å². The van der Waals surface area contributed by atoms with E-state index in [0.29, 0.717) is 24.2 Å². The molecule has 0 bridgehead atoms. The number of hydrogen-bond donors (Lipinski definition) is 1. The summed E-state index contributed by atoms with van der Waals surface area (Å²) in [6.45, 7) is 4.82. The normalized spacial score (nSPS) is 21.2. The number of hydrogen-bond acceptors (Lipinski definition) is 4. The molecule has 2 heterocycles. The molecule has 1 aromatic rings. The van der Waals surface area contributed by atoms with E-state index in [0.717, 1.165) is 17.7 Å². The number of likely N-dealkylation sites (tertiary alicyclic amines) is 1. The maximum absolute atomic E-state index is 13.0. The Bertz CT molecular complexity index is 657. The number of nitrogens with zero attached hydrogens (tertiary/aromatic N) is 2. The molecule has 25 heavy (non-hydrogen) atoms. The van der Waals surface area contributed by atoms with Crippen LogP contribution in [0.2, 0.25) is 0 Å². The average Bonchev–Trinajstić information content (AvgIpc) is 2.80. The van der Waals surface area contributed by atoms with Crippen LogP contribution in [0.3, 0.4) is 0 Å². The van der Waals surface area contributed by atoms with Crippen LogP contribution in [-0.4, -0.2) is 52.7 Å². The van der Waals surface area contributed by atoms with Crippen LogP contribution in [-0.2, 0) is 4.79 Å². The SMILES string of the molecule is CC(C)C(C(=O)N1CCCC(N)C1)N1C(=O)c2ccccc2C1=O.Cl. The van der Waals surface area contributed by atoms with Crippen molar-refractivity contribution in [1.82, 2.24) is 9.80 Å². The minimum absolute atomic E-state index is 0. The highest BCUT2D eigenvalue weighted by molar-refractivity contribution is 6.22. The van der Waals surface area contributed by atoms with Gasteiger partial charge in [-0.3, -0.25) is 19.3 Å². The quantitative estimate of drug-likeness (QED) is 0.826. The third-order valence-electron chi connectivity index (χ3n) is 4.76. The molecule has 2 N–H and O–H groups in total. The molecular formula is C18H24ClN3O3. The Morgan fingerprint density at radius 1 is 1.16 bits per heavy atom. The van der Waals surface area contributed by atoms with Crippen molar-refractivity contribution in [1.29, 1.82) is 0 Å². The van der Waals surface area contributed by atoms with Crippen molar-refractivity contribution in [3.05, 3.63) is 35.4 Å². The zero-order valence-corrected chi connectivity index (χ0v) is 15.3. The monoisotopic (exact) mass is 365 g/mol. The van der Waals surface area contributed by atoms with Crippen molar-refractivity contribution in [3.63, 3.8) is 0 Å². The fraction of sp³-hybridized carbons (Fsp3) is 0.500. The number of amides is 3. The topological polar surface area (TPSA) is 83.7 Å². The van der Waals surface area contributed by atoms with E-state index in [1.807, 2.05) is 13.8 Å². The van der Waals surface area contributed by atoms with E-state index in [4.69, 9.17) is 5.73 Å². The van der Waals surface area contributed by atoms with Crippen LogP contribution in [0.5, 0.6) is 0 Å². The van der Waals surface area contributed by atoms with Gasteiger partial charge in [-0.2, -0.15) is 0 Å². The highest BCUT2D eigenvalue weighted by atomic mass is 35.5. The predicted octanol–water partition coefficient (Wildman–Crippen LogP) is 1.68. The summed E-state index contributed by atoms with van der Waals surface area (Å²) in [7, 11) is 0. The van der Waals surface area contributed by atoms with Crippen LogP contribution in [0.25, 0.3) is 0 Å². The minimum atomic E-state index is -0.789. The number of halogens is 1. The zero-order valence-electron chi connectivity index (χ0n) is 14.5. The molecule has 7 heteroatoms. The molecule has 1 fully saturated rings. The fourth-order valence-corrected chi connectivity index (χ4v) is 3.55. The molecule has 2 aliphatic heterocycles. The van der Waals surface area contributed by atoms with Crippen molar-refractivity contribution >= 4 is 30.1 Å². The lowest BCUT2D eigenvalue weighted by molar-refractivity contribution is -0.138. The largest absolute Gasteiger partial charge is 0.339 e. The number of nitrogens with two attached hydrogens (primary N) is 1. The molecule has 0 spiro atoms. The molecule has 0 aromatic heterocycles. The maximum atomic E-state index is 13.0. The Labute approximate surface area is 153 Å². The second kappa shape index (κ2) is 7.54. The Hall–Kier alpha value is -1.92. The molecule has 0 saturated carbocycles. The Balaban J connectivity index is 0.00000225. The van der Waals surface area contributed by atoms with Crippen LogP contribution in [0.4, 0.5) is 0 Å². The molecule has 2 aliphatic rings. The summed E-state index contributed by atoms with van der Waals surface area (Å²) in [5.74, 6) is -1.12. The van der Waals surface area contributed by atoms with Crippen molar-refractivity contribution in [2.45, 2.75) is 38.8 Å². The van der Waals surface area contributed by atoms with Crippen molar-refractivity contribution in [2.24, 2.45) is 11.7 Å². The molecule has 3 rings (SSSR count). The standard InChI is InChI=1S/C18H23N3O3.ClH/c1-11(2)15(18(24)20-9-5-6-12(19)10-20)21-16(22)13-7-3-4-8-14(13)17(21)23;/h3-4,7-8,11-12,15H,5-6,9-10,19H2,1-2H3;1H. The molecule has 3 amide bonds. The molecular weight excluding hydrogens is 342 g/mol. The van der Waals surface area contributed by atoms with E-state index in [1.165, 1.54) is 0 Å². The molecule has 0 radical (unpaired) electrons. The molecule has 1 aromatic carbocycles. The summed E-state index contributed by atoms with van der Waals surface area (Å²) in [6.07, 6.45) is 1.74. The average molecular weight is 366 g/mol. The minimum Gasteiger partial charge on any atom is -0.339 e. The molecule has 2 atom stereocenters. The van der Waals surface area contributed by atoms with Crippen LogP contribution in [0.1, 0.15) is 47.4 Å². The third-order valence-corrected chi connectivity index (χ3v) is 4.76. The van der Waals surface area contributed by atoms with Gasteiger partial charge >= 0.3 is 0 Å². The number of piperidine rings is 1. The van der Waals surface area contributed by atoms with Gasteiger partial charge < -0.3 is 10.6 Å². The van der Waals surface area contributed by atoms with Crippen molar-refractivity contribution in [2.75, 3.05) is 13.1 Å². The smallest absolute Gasteiger partial charge is 0.262 e. The lowest BCUT2D eigenvalue weighted by Crippen LogP contribution is -2.56. The van der Waals surface area contributed by atoms with E-state index in [1.54, 1.807) is 29.2 Å². The summed E-state index contributed by atoms with van der Waals surface area (Å²) < 4.78 is 0. The number of benzene rings is 1. The second-order valence-corrected chi connectivity index (χ2v) is 6.90. The van der Waals surface area contributed by atoms with Crippen LogP contribution >= 0.6 is 12.4 Å². The van der Waals surface area contributed by atoms with Crippen LogP contribution in [0.15, 0.2) is 24.3 Å². The van der Waals surface area contributed by atoms with Crippen molar-refractivity contribution < 1.29 is 14.4 Å². The Kier molecular flexibility index (Phi) is 5.85. The predicted molar refractivity (Wildman–Crippen MR) is 96.6 cm³/mol. The lowest BCUT2D eigenvalue weighted by Gasteiger charge is -2.37. The highest BCUT2D eigenvalue weighted by Crippen LogP contribution is 2.28. The van der Waals surface area contributed by atoms with Gasteiger partial charge in [-0.1, -0.05) is 26.0 Å². The third kappa shape index (κ3) is 3.41. The number of rotatable bonds is 3. The Morgan fingerprint density at radius 3 is 2.20 bits per heavy atom. The molecule has 6 nitrogen and oxygen atoms in total. The van der Waals surface area contributed by atoms with E-state index in [-0.39, 0.29) is 42.1 Å². The summed E-state index contributed by atoms with van der Waals surface area (Å²) in [4.78, 5) is 41.3. The number of imide groups is 1. The number of carbonyl (C=O) groups is 3. The molecule has 2 unspecified atom stereocenters. The first-order valence-electron chi connectivity index (χ1n) is 8.43. The summed E-state index contributed by atoms with van der Waals surface area (Å²) in [5, 5.41) is 0. The summed E-state index contributed by atoms with van der Waals surface area (Å²) >= 11 is 0. The van der Waals surface area contributed by atoms with Gasteiger partial charge in [0.15, 0.2) is 0 Å². The Morgan fingerprint density at radius 2 is 1.72 bits per heavy atom. The van der Waals surface area contributed by atoms with Gasteiger partial charge in [0.2, 0.25) is 5.91 Å². The van der Waals surface area contributed by atoms with Gasteiger partial charge in [0.25, 0.3) is 11.8 Å². The first kappa shape index (κ1) is 19.4. The van der Waals surface area contributed by atoms with E-state index in [9.17, 15) is 14.4 Å². The van der Waals surface area contributed by atoms with Crippen LogP contribution < -0.4 is 5.73 Å². The summed E-state index contributed by atoms with van der Waals surface area (Å²) in [6, 6.07) is 5.88. The fourth-order valence-electron chi connectivity index (χ4n) is 3.55. The molecule has 0 aliphatic carbocycles. The van der Waals surface area contributed by atoms with Gasteiger partial charge in [0, 0.05) is 19.1 Å². The summed E-state index contributed by atoms with van der Waals surface area (Å²) in [5.41, 5.74) is 6.72. The second-order valence-electron chi connectivity index (χ2n) is 6.90. The maximum Gasteiger partial charge on any atom is 0.262 e.